The molecule has 0 bridgehead atoms. The second-order valence-electron chi connectivity index (χ2n) is 11.0. The van der Waals surface area contributed by atoms with E-state index in [0.29, 0.717) is 47.2 Å². The van der Waals surface area contributed by atoms with E-state index in [4.69, 9.17) is 14.9 Å². The van der Waals surface area contributed by atoms with E-state index in [9.17, 15) is 27.2 Å². The number of benzene rings is 3. The van der Waals surface area contributed by atoms with Gasteiger partial charge in [0.25, 0.3) is 11.7 Å². The zero-order chi connectivity index (χ0) is 31.6. The molecule has 1 aliphatic rings. The van der Waals surface area contributed by atoms with Crippen molar-refractivity contribution in [1.29, 1.82) is 0 Å². The van der Waals surface area contributed by atoms with Gasteiger partial charge < -0.3 is 14.9 Å². The van der Waals surface area contributed by atoms with Gasteiger partial charge in [0.05, 0.1) is 30.7 Å². The Kier molecular flexibility index (Phi) is 8.98. The first-order valence-corrected chi connectivity index (χ1v) is 16.1. The van der Waals surface area contributed by atoms with Crippen LogP contribution < -0.4 is 10.0 Å². The number of hydrogen-bond acceptors (Lipinski definition) is 7. The molecule has 1 amide bonds. The molecule has 11 heteroatoms. The number of halogens is 1. The maximum absolute atomic E-state index is 13.6. The molecule has 230 valence electrons. The van der Waals surface area contributed by atoms with Crippen LogP contribution in [0, 0.1) is 5.82 Å². The van der Waals surface area contributed by atoms with E-state index in [0.717, 1.165) is 24.7 Å². The number of carbonyl (C=O) groups excluding carboxylic acids is 3. The van der Waals surface area contributed by atoms with Crippen LogP contribution in [0.5, 0.6) is 0 Å². The third-order valence-corrected chi connectivity index (χ3v) is 8.79. The number of fused-ring (bicyclic) bond motifs is 1. The summed E-state index contributed by atoms with van der Waals surface area (Å²) in [6.45, 7) is 2.10. The fourth-order valence-electron chi connectivity index (χ4n) is 5.28. The van der Waals surface area contributed by atoms with Gasteiger partial charge in [0.2, 0.25) is 10.0 Å². The quantitative estimate of drug-likeness (QED) is 0.113. The summed E-state index contributed by atoms with van der Waals surface area (Å²) in [5.41, 5.74) is 8.67. The molecule has 4 aromatic rings. The van der Waals surface area contributed by atoms with Crippen molar-refractivity contribution in [3.8, 4) is 11.3 Å². The van der Waals surface area contributed by atoms with Gasteiger partial charge in [-0.15, -0.1) is 0 Å². The molecule has 1 fully saturated rings. The summed E-state index contributed by atoms with van der Waals surface area (Å²) in [7, 11) is -3.76. The molecule has 1 heterocycles. The second-order valence-corrected chi connectivity index (χ2v) is 12.9. The number of nitrogens with two attached hydrogens (primary N) is 1. The summed E-state index contributed by atoms with van der Waals surface area (Å²) in [4.78, 5) is 36.6. The van der Waals surface area contributed by atoms with Crippen LogP contribution >= 0.6 is 0 Å². The SMILES string of the molecule is CC(=O)c1cccc(CCCOCCN(c2cc3oc(-c4ccc(F)cc4)c(C(=O)C(N)=O)c3cc2C2CC2)S(C)(=O)=O)c1. The van der Waals surface area contributed by atoms with Gasteiger partial charge in [-0.2, -0.15) is 0 Å². The Morgan fingerprint density at radius 1 is 1.05 bits per heavy atom. The minimum Gasteiger partial charge on any atom is -0.455 e. The van der Waals surface area contributed by atoms with Crippen LogP contribution in [-0.4, -0.2) is 51.9 Å². The van der Waals surface area contributed by atoms with Crippen LogP contribution in [0.25, 0.3) is 22.3 Å². The Balaban J connectivity index is 1.41. The van der Waals surface area contributed by atoms with Crippen molar-refractivity contribution < 1.29 is 36.3 Å². The highest BCUT2D eigenvalue weighted by Crippen LogP contribution is 2.48. The zero-order valence-corrected chi connectivity index (χ0v) is 25.3. The average Bonchev–Trinajstić information content (AvgIpc) is 3.76. The van der Waals surface area contributed by atoms with E-state index in [2.05, 4.69) is 0 Å². The number of furan rings is 1. The van der Waals surface area contributed by atoms with Crippen molar-refractivity contribution in [2.75, 3.05) is 30.3 Å². The van der Waals surface area contributed by atoms with Crippen molar-refractivity contribution in [1.82, 2.24) is 0 Å². The third-order valence-electron chi connectivity index (χ3n) is 7.61. The number of Topliss-reactive ketones (excluding diaryl/α,β-unsaturated/α-hetero) is 2. The number of anilines is 1. The van der Waals surface area contributed by atoms with Gasteiger partial charge in [0, 0.05) is 29.2 Å². The molecule has 0 unspecified atom stereocenters. The van der Waals surface area contributed by atoms with E-state index in [-0.39, 0.29) is 41.8 Å². The fourth-order valence-corrected chi connectivity index (χ4v) is 6.20. The van der Waals surface area contributed by atoms with Crippen LogP contribution in [-0.2, 0) is 26.0 Å². The number of ether oxygens (including phenoxy) is 1. The van der Waals surface area contributed by atoms with Crippen LogP contribution in [0.3, 0.4) is 0 Å². The minimum atomic E-state index is -3.76. The lowest BCUT2D eigenvalue weighted by molar-refractivity contribution is -0.114. The Bertz CT molecular complexity index is 1840. The highest BCUT2D eigenvalue weighted by Gasteiger charge is 2.33. The summed E-state index contributed by atoms with van der Waals surface area (Å²) in [5.74, 6) is -2.51. The number of aryl methyl sites for hydroxylation is 1. The molecule has 1 saturated carbocycles. The number of ketones is 2. The second kappa shape index (κ2) is 12.7. The van der Waals surface area contributed by atoms with Crippen molar-refractivity contribution in [3.05, 3.63) is 88.7 Å². The fraction of sp³-hybridized carbons (Fsp3) is 0.303. The first-order chi connectivity index (χ1) is 20.9. The van der Waals surface area contributed by atoms with Gasteiger partial charge in [0.15, 0.2) is 5.78 Å². The van der Waals surface area contributed by atoms with Crippen LogP contribution in [0.1, 0.15) is 63.9 Å². The molecule has 1 aromatic heterocycles. The molecular weight excluding hydrogens is 587 g/mol. The summed E-state index contributed by atoms with van der Waals surface area (Å²) in [6.07, 6.45) is 4.18. The van der Waals surface area contributed by atoms with Gasteiger partial charge in [-0.05, 0) is 86.1 Å². The highest BCUT2D eigenvalue weighted by atomic mass is 32.2. The third kappa shape index (κ3) is 6.89. The van der Waals surface area contributed by atoms with Crippen LogP contribution in [0.2, 0.25) is 0 Å². The molecule has 0 atom stereocenters. The molecule has 3 aromatic carbocycles. The summed E-state index contributed by atoms with van der Waals surface area (Å²) in [5, 5.41) is 0.331. The predicted molar refractivity (Wildman–Crippen MR) is 165 cm³/mol. The van der Waals surface area contributed by atoms with Gasteiger partial charge in [-0.25, -0.2) is 12.8 Å². The van der Waals surface area contributed by atoms with Gasteiger partial charge in [0.1, 0.15) is 17.2 Å². The van der Waals surface area contributed by atoms with E-state index >= 15 is 0 Å². The van der Waals surface area contributed by atoms with Gasteiger partial charge >= 0.3 is 0 Å². The van der Waals surface area contributed by atoms with E-state index in [1.54, 1.807) is 18.2 Å². The smallest absolute Gasteiger partial charge is 0.289 e. The number of carbonyl (C=O) groups is 3. The molecule has 5 rings (SSSR count). The molecule has 2 N–H and O–H groups in total. The number of rotatable bonds is 14. The Labute approximate surface area is 254 Å². The average molecular weight is 621 g/mol. The zero-order valence-electron chi connectivity index (χ0n) is 24.5. The number of sulfonamides is 1. The maximum atomic E-state index is 13.6. The first-order valence-electron chi connectivity index (χ1n) is 14.3. The Hall–Kier alpha value is -4.35. The monoisotopic (exact) mass is 620 g/mol. The lowest BCUT2D eigenvalue weighted by Crippen LogP contribution is -2.34. The van der Waals surface area contributed by atoms with Gasteiger partial charge in [-0.1, -0.05) is 18.2 Å². The lowest BCUT2D eigenvalue weighted by Gasteiger charge is -2.25. The van der Waals surface area contributed by atoms with E-state index < -0.39 is 27.5 Å². The van der Waals surface area contributed by atoms with Crippen molar-refractivity contribution in [3.63, 3.8) is 0 Å². The molecule has 0 aliphatic heterocycles. The van der Waals surface area contributed by atoms with Gasteiger partial charge in [-0.3, -0.25) is 18.7 Å². The Morgan fingerprint density at radius 2 is 1.77 bits per heavy atom. The number of amides is 1. The first kappa shape index (κ1) is 31.1. The molecule has 44 heavy (non-hydrogen) atoms. The van der Waals surface area contributed by atoms with Crippen LogP contribution in [0.15, 0.2) is 65.1 Å². The highest BCUT2D eigenvalue weighted by molar-refractivity contribution is 7.92. The lowest BCUT2D eigenvalue weighted by atomic mass is 9.98. The number of hydrogen-bond donors (Lipinski definition) is 1. The largest absolute Gasteiger partial charge is 0.455 e. The molecular formula is C33H33FN2O7S. The molecule has 9 nitrogen and oxygen atoms in total. The Morgan fingerprint density at radius 3 is 2.41 bits per heavy atom. The molecule has 0 radical (unpaired) electrons. The van der Waals surface area contributed by atoms with E-state index in [1.807, 2.05) is 18.2 Å². The minimum absolute atomic E-state index is 0.00430. The van der Waals surface area contributed by atoms with Crippen molar-refractivity contribution >= 4 is 44.2 Å². The topological polar surface area (TPSA) is 137 Å². The summed E-state index contributed by atoms with van der Waals surface area (Å²) >= 11 is 0. The normalized spacial score (nSPS) is 13.2. The molecule has 0 spiro atoms. The van der Waals surface area contributed by atoms with Crippen molar-refractivity contribution in [2.45, 2.75) is 38.5 Å². The number of nitrogens with zero attached hydrogens (tertiary/aromatic N) is 1. The molecule has 1 aliphatic carbocycles. The summed E-state index contributed by atoms with van der Waals surface area (Å²) in [6, 6.07) is 16.0. The predicted octanol–water partition coefficient (Wildman–Crippen LogP) is 5.40. The number of primary amides is 1. The molecule has 0 saturated heterocycles. The standard InChI is InChI=1S/C33H33FN2O7S/c1-20(37)24-7-3-5-21(17-24)6-4-15-42-16-14-36(44(2,40)41)28-19-29-27(18-26(28)22-8-9-22)30(31(38)33(35)39)32(43-29)23-10-12-25(34)13-11-23/h3,5,7,10-13,17-19,22H,4,6,8-9,14-16H2,1-2H3,(H2,35,39). The summed E-state index contributed by atoms with van der Waals surface area (Å²) < 4.78 is 52.8. The van der Waals surface area contributed by atoms with E-state index in [1.165, 1.54) is 35.5 Å². The van der Waals surface area contributed by atoms with Crippen LogP contribution in [0.4, 0.5) is 10.1 Å². The maximum Gasteiger partial charge on any atom is 0.289 e. The van der Waals surface area contributed by atoms with Crippen molar-refractivity contribution in [2.24, 2.45) is 5.73 Å².